The van der Waals surface area contributed by atoms with Gasteiger partial charge in [0.15, 0.2) is 11.7 Å². The highest BCUT2D eigenvalue weighted by atomic mass is 32.2. The molecule has 160 valence electrons. The molecule has 1 aromatic heterocycles. The number of thiazole rings is 1. The highest BCUT2D eigenvalue weighted by Gasteiger charge is 2.27. The van der Waals surface area contributed by atoms with Crippen LogP contribution in [0.15, 0.2) is 35.4 Å². The predicted octanol–water partition coefficient (Wildman–Crippen LogP) is 0.868. The van der Waals surface area contributed by atoms with Crippen LogP contribution in [-0.4, -0.2) is 67.4 Å². The van der Waals surface area contributed by atoms with E-state index in [4.69, 9.17) is 9.47 Å². The van der Waals surface area contributed by atoms with Crippen LogP contribution in [0.25, 0.3) is 0 Å². The average molecular weight is 456 g/mol. The smallest absolute Gasteiger partial charge is 0.345 e. The number of nitrogens with one attached hydrogen (secondary N) is 1. The summed E-state index contributed by atoms with van der Waals surface area (Å²) in [5.74, 6) is -1.64. The van der Waals surface area contributed by atoms with Crippen molar-refractivity contribution in [2.45, 2.75) is 4.90 Å². The van der Waals surface area contributed by atoms with Crippen molar-refractivity contribution in [3.05, 3.63) is 46.1 Å². The molecule has 0 radical (unpaired) electrons. The summed E-state index contributed by atoms with van der Waals surface area (Å²) in [7, 11) is -3.79. The predicted molar refractivity (Wildman–Crippen MR) is 104 cm³/mol. The summed E-state index contributed by atoms with van der Waals surface area (Å²) < 4.78 is 36.7. The Bertz CT molecular complexity index is 1060. The molecule has 0 spiro atoms. The fraction of sp³-hybridized carbons (Fsp3) is 0.312. The van der Waals surface area contributed by atoms with Gasteiger partial charge in [0.1, 0.15) is 6.20 Å². The first-order valence-corrected chi connectivity index (χ1v) is 10.8. The molecule has 1 saturated heterocycles. The SMILES string of the molecule is O=C(COC(=O)c1cccc(S(=O)(=O)N2CCOCC2)c1)Nc1ncc([N+](=O)[O-])s1. The number of sulfonamides is 1. The number of morpholine rings is 1. The van der Waals surface area contributed by atoms with Gasteiger partial charge in [0, 0.05) is 13.1 Å². The molecule has 1 aromatic carbocycles. The lowest BCUT2D eigenvalue weighted by Crippen LogP contribution is -2.40. The number of nitrogens with zero attached hydrogens (tertiary/aromatic N) is 3. The van der Waals surface area contributed by atoms with Crippen LogP contribution in [0.5, 0.6) is 0 Å². The van der Waals surface area contributed by atoms with Crippen molar-refractivity contribution >= 4 is 43.4 Å². The summed E-state index contributed by atoms with van der Waals surface area (Å²) in [6, 6.07) is 5.31. The number of benzene rings is 1. The van der Waals surface area contributed by atoms with Crippen LogP contribution in [0.3, 0.4) is 0 Å². The summed E-state index contributed by atoms with van der Waals surface area (Å²) in [4.78, 5) is 37.6. The van der Waals surface area contributed by atoms with Gasteiger partial charge in [-0.15, -0.1) is 0 Å². The maximum atomic E-state index is 12.7. The molecule has 30 heavy (non-hydrogen) atoms. The first kappa shape index (κ1) is 21.8. The van der Waals surface area contributed by atoms with Gasteiger partial charge in [-0.25, -0.2) is 18.2 Å². The largest absolute Gasteiger partial charge is 0.452 e. The van der Waals surface area contributed by atoms with E-state index in [1.165, 1.54) is 28.6 Å². The molecule has 1 amide bonds. The zero-order valence-corrected chi connectivity index (χ0v) is 17.0. The number of aromatic nitrogens is 1. The number of carbonyl (C=O) groups excluding carboxylic acids is 2. The quantitative estimate of drug-likeness (QED) is 0.362. The number of ether oxygens (including phenoxy) is 2. The van der Waals surface area contributed by atoms with Gasteiger partial charge in [-0.05, 0) is 29.5 Å². The summed E-state index contributed by atoms with van der Waals surface area (Å²) in [5, 5.41) is 12.6. The molecule has 1 fully saturated rings. The van der Waals surface area contributed by atoms with Gasteiger partial charge in [0.05, 0.1) is 28.6 Å². The summed E-state index contributed by atoms with van der Waals surface area (Å²) in [6.45, 7) is 0.335. The maximum Gasteiger partial charge on any atom is 0.345 e. The fourth-order valence-corrected chi connectivity index (χ4v) is 4.60. The lowest BCUT2D eigenvalue weighted by atomic mass is 10.2. The van der Waals surface area contributed by atoms with Crippen LogP contribution in [0.2, 0.25) is 0 Å². The van der Waals surface area contributed by atoms with Gasteiger partial charge in [-0.2, -0.15) is 4.31 Å². The van der Waals surface area contributed by atoms with Gasteiger partial charge in [0.2, 0.25) is 10.0 Å². The third-order valence-electron chi connectivity index (χ3n) is 3.93. The number of amides is 1. The fourth-order valence-electron chi connectivity index (χ4n) is 2.50. The minimum atomic E-state index is -3.79. The molecule has 2 heterocycles. The van der Waals surface area contributed by atoms with Crippen molar-refractivity contribution in [3.8, 4) is 0 Å². The molecule has 3 rings (SSSR count). The Balaban J connectivity index is 1.60. The number of carbonyl (C=O) groups is 2. The van der Waals surface area contributed by atoms with Crippen molar-refractivity contribution < 1.29 is 32.4 Å². The van der Waals surface area contributed by atoms with E-state index in [0.717, 1.165) is 6.20 Å². The highest BCUT2D eigenvalue weighted by Crippen LogP contribution is 2.24. The van der Waals surface area contributed by atoms with E-state index >= 15 is 0 Å². The molecule has 1 aliphatic rings. The number of anilines is 1. The van der Waals surface area contributed by atoms with E-state index in [2.05, 4.69) is 10.3 Å². The van der Waals surface area contributed by atoms with Crippen molar-refractivity contribution in [2.24, 2.45) is 0 Å². The van der Waals surface area contributed by atoms with Crippen LogP contribution in [0.1, 0.15) is 10.4 Å². The standard InChI is InChI=1S/C16H16N4O8S2/c21-13(18-16-17-9-14(29-16)20(23)24)10-28-15(22)11-2-1-3-12(8-11)30(25,26)19-4-6-27-7-5-19/h1-3,8-9H,4-7,10H2,(H,17,18,21). The van der Waals surface area contributed by atoms with Crippen LogP contribution in [0, 0.1) is 10.1 Å². The second kappa shape index (κ2) is 9.25. The van der Waals surface area contributed by atoms with E-state index in [-0.39, 0.29) is 33.7 Å². The Hall–Kier alpha value is -2.94. The third-order valence-corrected chi connectivity index (χ3v) is 6.69. The Kier molecular flexibility index (Phi) is 6.71. The topological polar surface area (TPSA) is 158 Å². The maximum absolute atomic E-state index is 12.7. The second-order valence-electron chi connectivity index (χ2n) is 5.93. The highest BCUT2D eigenvalue weighted by molar-refractivity contribution is 7.89. The van der Waals surface area contributed by atoms with Crippen molar-refractivity contribution in [3.63, 3.8) is 0 Å². The van der Waals surface area contributed by atoms with E-state index in [9.17, 15) is 28.1 Å². The number of hydrogen-bond donors (Lipinski definition) is 1. The number of nitro groups is 1. The molecule has 0 atom stereocenters. The van der Waals surface area contributed by atoms with E-state index in [0.29, 0.717) is 24.6 Å². The van der Waals surface area contributed by atoms with Gasteiger partial charge in [0.25, 0.3) is 5.91 Å². The first-order chi connectivity index (χ1) is 14.3. The lowest BCUT2D eigenvalue weighted by molar-refractivity contribution is -0.380. The third kappa shape index (κ3) is 5.15. The van der Waals surface area contributed by atoms with Crippen LogP contribution >= 0.6 is 11.3 Å². The molecule has 0 saturated carbocycles. The molecule has 2 aromatic rings. The molecule has 0 unspecified atom stereocenters. The van der Waals surface area contributed by atoms with Crippen molar-refractivity contribution in [2.75, 3.05) is 38.2 Å². The summed E-state index contributed by atoms with van der Waals surface area (Å²) >= 11 is 0.655. The Morgan fingerprint density at radius 2 is 2.07 bits per heavy atom. The summed E-state index contributed by atoms with van der Waals surface area (Å²) in [5.41, 5.74) is -0.0398. The summed E-state index contributed by atoms with van der Waals surface area (Å²) in [6.07, 6.45) is 0.993. The van der Waals surface area contributed by atoms with Gasteiger partial charge < -0.3 is 9.47 Å². The minimum absolute atomic E-state index is 0.0126. The van der Waals surface area contributed by atoms with Crippen LogP contribution in [0.4, 0.5) is 10.1 Å². The zero-order chi connectivity index (χ0) is 21.7. The van der Waals surface area contributed by atoms with E-state index in [1.54, 1.807) is 0 Å². The molecule has 1 N–H and O–H groups in total. The van der Waals surface area contributed by atoms with Crippen molar-refractivity contribution in [1.29, 1.82) is 0 Å². The second-order valence-corrected chi connectivity index (χ2v) is 8.88. The molecular formula is C16H16N4O8S2. The van der Waals surface area contributed by atoms with E-state index in [1.807, 2.05) is 0 Å². The molecule has 14 heteroatoms. The number of rotatable bonds is 7. The molecular weight excluding hydrogens is 440 g/mol. The normalized spacial score (nSPS) is 14.8. The Labute approximate surface area is 174 Å². The zero-order valence-electron chi connectivity index (χ0n) is 15.3. The van der Waals surface area contributed by atoms with E-state index < -0.39 is 33.4 Å². The first-order valence-electron chi connectivity index (χ1n) is 8.52. The van der Waals surface area contributed by atoms with Gasteiger partial charge in [-0.1, -0.05) is 6.07 Å². The van der Waals surface area contributed by atoms with Gasteiger partial charge >= 0.3 is 11.0 Å². The van der Waals surface area contributed by atoms with Crippen LogP contribution < -0.4 is 5.32 Å². The average Bonchev–Trinajstić information content (AvgIpc) is 3.21. The van der Waals surface area contributed by atoms with Crippen molar-refractivity contribution in [1.82, 2.24) is 9.29 Å². The molecule has 1 aliphatic heterocycles. The van der Waals surface area contributed by atoms with Crippen LogP contribution in [-0.2, 0) is 24.3 Å². The monoisotopic (exact) mass is 456 g/mol. The Morgan fingerprint density at radius 1 is 1.33 bits per heavy atom. The Morgan fingerprint density at radius 3 is 2.73 bits per heavy atom. The van der Waals surface area contributed by atoms with Gasteiger partial charge in [-0.3, -0.25) is 20.2 Å². The number of hydrogen-bond acceptors (Lipinski definition) is 10. The number of esters is 1. The molecule has 0 bridgehead atoms. The molecule has 0 aliphatic carbocycles. The lowest BCUT2D eigenvalue weighted by Gasteiger charge is -2.26. The molecule has 12 nitrogen and oxygen atoms in total. The minimum Gasteiger partial charge on any atom is -0.452 e.